The monoisotopic (exact) mass is 438 g/mol. The molecule has 0 aliphatic rings. The molecule has 0 aliphatic heterocycles. The number of methoxy groups -OCH3 is 1. The molecule has 0 bridgehead atoms. The third kappa shape index (κ3) is 4.88. The summed E-state index contributed by atoms with van der Waals surface area (Å²) in [5, 5.41) is 2.94. The van der Waals surface area contributed by atoms with Crippen LogP contribution in [0.3, 0.4) is 0 Å². The average molecular weight is 439 g/mol. The molecular formula is C24H26N2O4S. The summed E-state index contributed by atoms with van der Waals surface area (Å²) < 4.78 is 32.5. The topological polar surface area (TPSA) is 75.7 Å². The Labute approximate surface area is 183 Å². The first-order valence-corrected chi connectivity index (χ1v) is 11.3. The maximum atomic E-state index is 13.1. The van der Waals surface area contributed by atoms with Gasteiger partial charge in [0.25, 0.3) is 15.9 Å². The highest BCUT2D eigenvalue weighted by atomic mass is 32.2. The average Bonchev–Trinajstić information content (AvgIpc) is 2.78. The van der Waals surface area contributed by atoms with E-state index < -0.39 is 10.0 Å². The predicted molar refractivity (Wildman–Crippen MR) is 122 cm³/mol. The van der Waals surface area contributed by atoms with Gasteiger partial charge in [0.15, 0.2) is 0 Å². The quantitative estimate of drug-likeness (QED) is 0.596. The number of hydrogen-bond acceptors (Lipinski definition) is 4. The summed E-state index contributed by atoms with van der Waals surface area (Å²) in [6.07, 6.45) is 0. The van der Waals surface area contributed by atoms with E-state index in [1.54, 1.807) is 55.6 Å². The van der Waals surface area contributed by atoms with Gasteiger partial charge in [-0.2, -0.15) is 0 Å². The number of carbonyl (C=O) groups is 1. The van der Waals surface area contributed by atoms with Gasteiger partial charge >= 0.3 is 0 Å². The second-order valence-corrected chi connectivity index (χ2v) is 9.24. The summed E-state index contributed by atoms with van der Waals surface area (Å²) in [5.41, 5.74) is 2.46. The van der Waals surface area contributed by atoms with Crippen molar-refractivity contribution in [2.45, 2.75) is 24.8 Å². The van der Waals surface area contributed by atoms with Crippen LogP contribution < -0.4 is 14.4 Å². The lowest BCUT2D eigenvalue weighted by atomic mass is 10.1. The Hall–Kier alpha value is -3.32. The van der Waals surface area contributed by atoms with Crippen LogP contribution in [0, 0.1) is 6.92 Å². The van der Waals surface area contributed by atoms with Gasteiger partial charge in [0.2, 0.25) is 0 Å². The van der Waals surface area contributed by atoms with Crippen LogP contribution in [0.1, 0.15) is 34.5 Å². The minimum absolute atomic E-state index is 0.169. The number of aryl methyl sites for hydroxylation is 1. The van der Waals surface area contributed by atoms with Gasteiger partial charge in [-0.05, 0) is 55.8 Å². The fourth-order valence-corrected chi connectivity index (χ4v) is 4.40. The van der Waals surface area contributed by atoms with Crippen molar-refractivity contribution in [3.05, 3.63) is 89.5 Å². The molecule has 0 radical (unpaired) electrons. The van der Waals surface area contributed by atoms with Crippen LogP contribution in [-0.2, 0) is 10.0 Å². The van der Waals surface area contributed by atoms with Crippen molar-refractivity contribution in [1.29, 1.82) is 0 Å². The van der Waals surface area contributed by atoms with Gasteiger partial charge in [-0.3, -0.25) is 9.10 Å². The molecule has 3 aromatic carbocycles. The number of benzene rings is 3. The smallest absolute Gasteiger partial charge is 0.264 e. The normalized spacial score (nSPS) is 12.1. The maximum Gasteiger partial charge on any atom is 0.264 e. The zero-order valence-corrected chi connectivity index (χ0v) is 18.8. The number of sulfonamides is 1. The Morgan fingerprint density at radius 3 is 2.19 bits per heavy atom. The van der Waals surface area contributed by atoms with Gasteiger partial charge in [-0.25, -0.2) is 8.42 Å². The first-order valence-electron chi connectivity index (χ1n) is 9.83. The van der Waals surface area contributed by atoms with Gasteiger partial charge < -0.3 is 10.1 Å². The molecular weight excluding hydrogens is 412 g/mol. The fourth-order valence-electron chi connectivity index (χ4n) is 3.19. The van der Waals surface area contributed by atoms with E-state index in [1.807, 2.05) is 38.1 Å². The van der Waals surface area contributed by atoms with E-state index in [0.717, 1.165) is 21.2 Å². The van der Waals surface area contributed by atoms with Crippen LogP contribution in [0.2, 0.25) is 0 Å². The van der Waals surface area contributed by atoms with Crippen LogP contribution in [0.25, 0.3) is 0 Å². The molecule has 31 heavy (non-hydrogen) atoms. The summed E-state index contributed by atoms with van der Waals surface area (Å²) >= 11 is 0. The molecule has 162 valence electrons. The number of carbonyl (C=O) groups excluding carboxylic acids is 1. The molecule has 0 saturated carbocycles. The van der Waals surface area contributed by atoms with E-state index in [2.05, 4.69) is 5.32 Å². The standard InChI is InChI=1S/C24H26N2O4S/c1-17-9-15-21(16-10-17)31(28,29)26(3)23-8-6-5-7-22(23)24(27)25-18(2)19-11-13-20(30-4)14-12-19/h5-16,18H,1-4H3,(H,25,27). The lowest BCUT2D eigenvalue weighted by Gasteiger charge is -2.23. The lowest BCUT2D eigenvalue weighted by Crippen LogP contribution is -2.31. The molecule has 0 heterocycles. The number of nitrogens with zero attached hydrogens (tertiary/aromatic N) is 1. The highest BCUT2D eigenvalue weighted by molar-refractivity contribution is 7.92. The zero-order valence-electron chi connectivity index (χ0n) is 18.0. The minimum atomic E-state index is -3.81. The highest BCUT2D eigenvalue weighted by Crippen LogP contribution is 2.27. The molecule has 7 heteroatoms. The Kier molecular flexibility index (Phi) is 6.65. The predicted octanol–water partition coefficient (Wildman–Crippen LogP) is 4.32. The number of amides is 1. The van der Waals surface area contributed by atoms with E-state index in [4.69, 9.17) is 4.74 Å². The molecule has 0 fully saturated rings. The van der Waals surface area contributed by atoms with Crippen molar-refractivity contribution in [2.24, 2.45) is 0 Å². The third-order valence-electron chi connectivity index (χ3n) is 5.13. The minimum Gasteiger partial charge on any atom is -0.497 e. The summed E-state index contributed by atoms with van der Waals surface area (Å²) in [6.45, 7) is 3.76. The van der Waals surface area contributed by atoms with Crippen LogP contribution in [0.15, 0.2) is 77.7 Å². The summed E-state index contributed by atoms with van der Waals surface area (Å²) in [5.74, 6) is 0.375. The lowest BCUT2D eigenvalue weighted by molar-refractivity contribution is 0.0940. The number of nitrogens with one attached hydrogen (secondary N) is 1. The van der Waals surface area contributed by atoms with Crippen LogP contribution in [-0.4, -0.2) is 28.5 Å². The number of rotatable bonds is 7. The molecule has 1 atom stereocenters. The molecule has 1 N–H and O–H groups in total. The van der Waals surface area contributed by atoms with Crippen molar-refractivity contribution in [1.82, 2.24) is 5.32 Å². The molecule has 1 unspecified atom stereocenters. The second-order valence-electron chi connectivity index (χ2n) is 7.27. The van der Waals surface area contributed by atoms with E-state index in [0.29, 0.717) is 5.69 Å². The molecule has 0 aromatic heterocycles. The van der Waals surface area contributed by atoms with Crippen LogP contribution in [0.4, 0.5) is 5.69 Å². The molecule has 6 nitrogen and oxygen atoms in total. The maximum absolute atomic E-state index is 13.1. The first-order chi connectivity index (χ1) is 14.7. The Morgan fingerprint density at radius 2 is 1.58 bits per heavy atom. The number of hydrogen-bond donors (Lipinski definition) is 1. The molecule has 0 spiro atoms. The van der Waals surface area contributed by atoms with Crippen LogP contribution >= 0.6 is 0 Å². The van der Waals surface area contributed by atoms with Crippen LogP contribution in [0.5, 0.6) is 5.75 Å². The van der Waals surface area contributed by atoms with E-state index >= 15 is 0 Å². The zero-order chi connectivity index (χ0) is 22.6. The first kappa shape index (κ1) is 22.4. The van der Waals surface area contributed by atoms with Crippen molar-refractivity contribution >= 4 is 21.6 Å². The van der Waals surface area contributed by atoms with Gasteiger partial charge in [0.1, 0.15) is 5.75 Å². The van der Waals surface area contributed by atoms with Gasteiger partial charge in [0.05, 0.1) is 29.3 Å². The van der Waals surface area contributed by atoms with Gasteiger partial charge in [-0.1, -0.05) is 42.0 Å². The van der Waals surface area contributed by atoms with Crippen molar-refractivity contribution in [3.8, 4) is 5.75 Å². The highest BCUT2D eigenvalue weighted by Gasteiger charge is 2.25. The summed E-state index contributed by atoms with van der Waals surface area (Å²) in [7, 11) is -0.766. The van der Waals surface area contributed by atoms with Crippen molar-refractivity contribution in [3.63, 3.8) is 0 Å². The SMILES string of the molecule is COc1ccc(C(C)NC(=O)c2ccccc2N(C)S(=O)(=O)c2ccc(C)cc2)cc1. The van der Waals surface area contributed by atoms with Gasteiger partial charge in [-0.15, -0.1) is 0 Å². The molecule has 3 aromatic rings. The summed E-state index contributed by atoms with van der Waals surface area (Å²) in [6, 6.07) is 20.4. The molecule has 1 amide bonds. The number of anilines is 1. The van der Waals surface area contributed by atoms with Crippen molar-refractivity contribution in [2.75, 3.05) is 18.5 Å². The molecule has 3 rings (SSSR count). The van der Waals surface area contributed by atoms with E-state index in [-0.39, 0.29) is 22.4 Å². The largest absolute Gasteiger partial charge is 0.497 e. The molecule has 0 aliphatic carbocycles. The third-order valence-corrected chi connectivity index (χ3v) is 6.92. The fraction of sp³-hybridized carbons (Fsp3) is 0.208. The number of ether oxygens (including phenoxy) is 1. The van der Waals surface area contributed by atoms with Gasteiger partial charge in [0, 0.05) is 7.05 Å². The van der Waals surface area contributed by atoms with E-state index in [1.165, 1.54) is 7.05 Å². The Bertz CT molecular complexity index is 1160. The number of para-hydroxylation sites is 1. The molecule has 0 saturated heterocycles. The summed E-state index contributed by atoms with van der Waals surface area (Å²) in [4.78, 5) is 13.2. The Balaban J connectivity index is 1.86. The van der Waals surface area contributed by atoms with E-state index in [9.17, 15) is 13.2 Å². The second kappa shape index (κ2) is 9.22. The van der Waals surface area contributed by atoms with Crippen molar-refractivity contribution < 1.29 is 17.9 Å². The Morgan fingerprint density at radius 1 is 0.968 bits per heavy atom.